The van der Waals surface area contributed by atoms with Crippen LogP contribution in [0.1, 0.15) is 48.5 Å². The van der Waals surface area contributed by atoms with Crippen LogP contribution in [-0.2, 0) is 6.42 Å². The fourth-order valence-electron chi connectivity index (χ4n) is 4.99. The Morgan fingerprint density at radius 1 is 1.15 bits per heavy atom. The smallest absolute Gasteiger partial charge is 0.348 e. The van der Waals surface area contributed by atoms with E-state index in [1.807, 2.05) is 18.3 Å². The van der Waals surface area contributed by atoms with Crippen molar-refractivity contribution in [1.82, 2.24) is 25.3 Å². The molecule has 0 atom stereocenters. The number of nitrogens with zero attached hydrogens (tertiary/aromatic N) is 4. The summed E-state index contributed by atoms with van der Waals surface area (Å²) in [4.78, 5) is 42.8. The first-order valence-electron chi connectivity index (χ1n) is 11.7. The second kappa shape index (κ2) is 9.27. The van der Waals surface area contributed by atoms with E-state index in [2.05, 4.69) is 35.5 Å². The Labute approximate surface area is 192 Å². The number of H-pyrrole nitrogens is 1. The number of rotatable bonds is 6. The van der Waals surface area contributed by atoms with E-state index >= 15 is 0 Å². The minimum absolute atomic E-state index is 0.0342. The number of fused-ring (bicyclic) bond motifs is 1. The van der Waals surface area contributed by atoms with Gasteiger partial charge >= 0.3 is 5.69 Å². The molecule has 0 spiro atoms. The lowest BCUT2D eigenvalue weighted by molar-refractivity contribution is 0.101. The third-order valence-corrected chi connectivity index (χ3v) is 6.69. The number of nitrogens with one attached hydrogen (secondary N) is 3. The predicted molar refractivity (Wildman–Crippen MR) is 128 cm³/mol. The lowest BCUT2D eigenvalue weighted by Gasteiger charge is -2.29. The summed E-state index contributed by atoms with van der Waals surface area (Å²) in [5.41, 5.74) is 2.42. The monoisotopic (exact) mass is 447 g/mol. The van der Waals surface area contributed by atoms with E-state index in [1.54, 1.807) is 13.1 Å². The Morgan fingerprint density at radius 3 is 2.64 bits per heavy atom. The Morgan fingerprint density at radius 2 is 1.94 bits per heavy atom. The second-order valence-corrected chi connectivity index (χ2v) is 8.94. The third-order valence-electron chi connectivity index (χ3n) is 6.69. The summed E-state index contributed by atoms with van der Waals surface area (Å²) in [6.07, 6.45) is 8.90. The average Bonchev–Trinajstić information content (AvgIpc) is 3.33. The zero-order valence-electron chi connectivity index (χ0n) is 18.9. The predicted octanol–water partition coefficient (Wildman–Crippen LogP) is 2.80. The fraction of sp³-hybridized carbons (Fsp3) is 0.458. The molecule has 1 aliphatic carbocycles. The van der Waals surface area contributed by atoms with Gasteiger partial charge in [0.05, 0.1) is 17.3 Å². The molecule has 5 rings (SSSR count). The van der Waals surface area contributed by atoms with Gasteiger partial charge in [0, 0.05) is 37.9 Å². The van der Waals surface area contributed by atoms with E-state index in [9.17, 15) is 9.59 Å². The largest absolute Gasteiger partial charge is 0.368 e. The molecule has 1 aliphatic heterocycles. The molecule has 2 aliphatic rings. The molecule has 1 saturated carbocycles. The molecule has 9 heteroatoms. The molecular weight excluding hydrogens is 418 g/mol. The van der Waals surface area contributed by atoms with E-state index in [0.717, 1.165) is 56.7 Å². The highest BCUT2D eigenvalue weighted by Crippen LogP contribution is 2.34. The van der Waals surface area contributed by atoms with Crippen LogP contribution in [-0.4, -0.2) is 51.9 Å². The Hall–Kier alpha value is -3.33. The van der Waals surface area contributed by atoms with Gasteiger partial charge < -0.3 is 15.5 Å². The van der Waals surface area contributed by atoms with Crippen molar-refractivity contribution >= 4 is 34.1 Å². The molecule has 0 amide bonds. The number of hydrogen-bond donors (Lipinski definition) is 3. The van der Waals surface area contributed by atoms with Crippen LogP contribution in [0.25, 0.3) is 11.0 Å². The first-order chi connectivity index (χ1) is 16.1. The maximum Gasteiger partial charge on any atom is 0.348 e. The summed E-state index contributed by atoms with van der Waals surface area (Å²) in [6.45, 7) is 5.37. The molecule has 3 aromatic heterocycles. The molecule has 0 aromatic carbocycles. The number of pyridine rings is 2. The standard InChI is InChI=1S/C24H29N7O2/c1-15(32)19-14-27-22-21(18(19)12-16-4-2-3-5-16)23(30-24(33)29-22)28-20-7-6-17(13-26-20)31-10-8-25-9-11-31/h6-7,13-14,16,25H,2-5,8-12H2,1H3,(H2,26,27,28,29,30,33). The van der Waals surface area contributed by atoms with Gasteiger partial charge in [-0.25, -0.2) is 14.8 Å². The van der Waals surface area contributed by atoms with E-state index < -0.39 is 5.69 Å². The summed E-state index contributed by atoms with van der Waals surface area (Å²) < 4.78 is 0. The lowest BCUT2D eigenvalue weighted by atomic mass is 9.92. The summed E-state index contributed by atoms with van der Waals surface area (Å²) >= 11 is 0. The fourth-order valence-corrected chi connectivity index (χ4v) is 4.99. The number of anilines is 3. The Balaban J connectivity index is 1.53. The zero-order chi connectivity index (χ0) is 22.8. The normalized spacial score (nSPS) is 16.9. The number of ketones is 1. The van der Waals surface area contributed by atoms with Gasteiger partial charge in [-0.2, -0.15) is 4.98 Å². The van der Waals surface area contributed by atoms with Crippen molar-refractivity contribution in [1.29, 1.82) is 0 Å². The molecule has 3 N–H and O–H groups in total. The molecule has 33 heavy (non-hydrogen) atoms. The summed E-state index contributed by atoms with van der Waals surface area (Å²) in [7, 11) is 0. The van der Waals surface area contributed by atoms with Crippen LogP contribution in [0.4, 0.5) is 17.3 Å². The zero-order valence-corrected chi connectivity index (χ0v) is 18.9. The number of carbonyl (C=O) groups is 1. The van der Waals surface area contributed by atoms with E-state index in [4.69, 9.17) is 0 Å². The number of piperazine rings is 1. The summed E-state index contributed by atoms with van der Waals surface area (Å²) in [5.74, 6) is 1.58. The highest BCUT2D eigenvalue weighted by atomic mass is 16.1. The van der Waals surface area contributed by atoms with Crippen LogP contribution in [0.15, 0.2) is 29.3 Å². The maximum absolute atomic E-state index is 12.4. The third kappa shape index (κ3) is 4.59. The van der Waals surface area contributed by atoms with Crippen LogP contribution in [0.5, 0.6) is 0 Å². The highest BCUT2D eigenvalue weighted by Gasteiger charge is 2.23. The molecule has 0 unspecified atom stereocenters. The number of aromatic amines is 1. The second-order valence-electron chi connectivity index (χ2n) is 8.94. The molecule has 3 aromatic rings. The average molecular weight is 448 g/mol. The lowest BCUT2D eigenvalue weighted by Crippen LogP contribution is -2.43. The molecular formula is C24H29N7O2. The number of hydrogen-bond acceptors (Lipinski definition) is 8. The first kappa shape index (κ1) is 21.5. The van der Waals surface area contributed by atoms with Gasteiger partial charge in [0.15, 0.2) is 11.4 Å². The number of carbonyl (C=O) groups excluding carboxylic acids is 1. The van der Waals surface area contributed by atoms with Crippen molar-refractivity contribution in [2.45, 2.75) is 39.0 Å². The molecule has 2 fully saturated rings. The van der Waals surface area contributed by atoms with E-state index in [1.165, 1.54) is 12.8 Å². The van der Waals surface area contributed by atoms with Crippen molar-refractivity contribution < 1.29 is 4.79 Å². The van der Waals surface area contributed by atoms with Crippen LogP contribution < -0.4 is 21.2 Å². The minimum Gasteiger partial charge on any atom is -0.368 e. The molecule has 0 radical (unpaired) electrons. The van der Waals surface area contributed by atoms with Crippen molar-refractivity contribution in [3.63, 3.8) is 0 Å². The SMILES string of the molecule is CC(=O)c1cnc2nc(=O)[nH]c(Nc3ccc(N4CCNCC4)cn3)c2c1CC1CCCC1. The van der Waals surface area contributed by atoms with Gasteiger partial charge in [0.2, 0.25) is 0 Å². The van der Waals surface area contributed by atoms with Crippen LogP contribution in [0.2, 0.25) is 0 Å². The molecule has 4 heterocycles. The summed E-state index contributed by atoms with van der Waals surface area (Å²) in [6, 6.07) is 3.93. The van der Waals surface area contributed by atoms with Gasteiger partial charge in [-0.3, -0.25) is 9.78 Å². The van der Waals surface area contributed by atoms with Crippen LogP contribution >= 0.6 is 0 Å². The quantitative estimate of drug-likeness (QED) is 0.494. The Bertz CT molecular complexity index is 1210. The molecule has 172 valence electrons. The van der Waals surface area contributed by atoms with Gasteiger partial charge in [0.1, 0.15) is 11.6 Å². The first-order valence-corrected chi connectivity index (χ1v) is 11.7. The molecule has 1 saturated heterocycles. The van der Waals surface area contributed by atoms with Gasteiger partial charge in [-0.15, -0.1) is 0 Å². The van der Waals surface area contributed by atoms with Gasteiger partial charge in [-0.1, -0.05) is 25.7 Å². The highest BCUT2D eigenvalue weighted by molar-refractivity contribution is 6.02. The minimum atomic E-state index is -0.489. The number of Topliss-reactive ketones (excluding diaryl/α,β-unsaturated/α-hetero) is 1. The summed E-state index contributed by atoms with van der Waals surface area (Å²) in [5, 5.41) is 7.31. The van der Waals surface area contributed by atoms with E-state index in [0.29, 0.717) is 34.2 Å². The maximum atomic E-state index is 12.4. The van der Waals surface area contributed by atoms with E-state index in [-0.39, 0.29) is 5.78 Å². The van der Waals surface area contributed by atoms with Crippen LogP contribution in [0.3, 0.4) is 0 Å². The van der Waals surface area contributed by atoms with Gasteiger partial charge in [0.25, 0.3) is 0 Å². The van der Waals surface area contributed by atoms with Crippen molar-refractivity contribution in [3.8, 4) is 0 Å². The molecule has 9 nitrogen and oxygen atoms in total. The van der Waals surface area contributed by atoms with Crippen LogP contribution in [0, 0.1) is 5.92 Å². The number of aromatic nitrogens is 4. The van der Waals surface area contributed by atoms with Crippen molar-refractivity contribution in [3.05, 3.63) is 46.1 Å². The van der Waals surface area contributed by atoms with Crippen molar-refractivity contribution in [2.75, 3.05) is 36.4 Å². The van der Waals surface area contributed by atoms with Gasteiger partial charge in [-0.05, 0) is 37.0 Å². The molecule has 0 bridgehead atoms. The Kier molecular flexibility index (Phi) is 6.04. The van der Waals surface area contributed by atoms with Crippen molar-refractivity contribution in [2.24, 2.45) is 5.92 Å². The topological polar surface area (TPSA) is 116 Å².